The fourth-order valence-corrected chi connectivity index (χ4v) is 3.12. The Morgan fingerprint density at radius 2 is 1.96 bits per heavy atom. The summed E-state index contributed by atoms with van der Waals surface area (Å²) >= 11 is 1.22. The topological polar surface area (TPSA) is 102 Å². The largest absolute Gasteiger partial charge is 0.459 e. The first-order chi connectivity index (χ1) is 13.2. The van der Waals surface area contributed by atoms with Crippen molar-refractivity contribution in [1.82, 2.24) is 25.6 Å². The van der Waals surface area contributed by atoms with Crippen LogP contribution in [0.1, 0.15) is 35.1 Å². The van der Waals surface area contributed by atoms with Gasteiger partial charge in [-0.25, -0.2) is 9.67 Å². The third kappa shape index (κ3) is 4.20. The van der Waals surface area contributed by atoms with Crippen LogP contribution in [0, 0.1) is 0 Å². The number of carbonyl (C=O) groups excluding carboxylic acids is 2. The van der Waals surface area contributed by atoms with E-state index in [1.165, 1.54) is 24.1 Å². The maximum absolute atomic E-state index is 12.0. The van der Waals surface area contributed by atoms with Crippen LogP contribution in [0.5, 0.6) is 0 Å². The number of carbonyl (C=O) groups is 2. The van der Waals surface area contributed by atoms with Gasteiger partial charge in [-0.15, -0.1) is 5.10 Å². The zero-order valence-electron chi connectivity index (χ0n) is 14.3. The summed E-state index contributed by atoms with van der Waals surface area (Å²) in [5.74, 6) is 0.690. The van der Waals surface area contributed by atoms with E-state index in [1.807, 2.05) is 35.0 Å². The summed E-state index contributed by atoms with van der Waals surface area (Å²) in [5, 5.41) is 5.07. The average molecular weight is 383 g/mol. The molecule has 1 fully saturated rings. The summed E-state index contributed by atoms with van der Waals surface area (Å²) in [6, 6.07) is 12.9. The van der Waals surface area contributed by atoms with E-state index in [9.17, 15) is 9.59 Å². The van der Waals surface area contributed by atoms with Gasteiger partial charge in [0.15, 0.2) is 5.76 Å². The van der Waals surface area contributed by atoms with Crippen LogP contribution < -0.4 is 10.9 Å². The number of nitrogens with zero attached hydrogens (tertiary/aromatic N) is 3. The van der Waals surface area contributed by atoms with E-state index < -0.39 is 5.91 Å². The molecule has 3 aromatic rings. The molecule has 138 valence electrons. The molecule has 9 heteroatoms. The van der Waals surface area contributed by atoms with Crippen LogP contribution in [0.2, 0.25) is 0 Å². The summed E-state index contributed by atoms with van der Waals surface area (Å²) in [5.41, 5.74) is 5.60. The second kappa shape index (κ2) is 7.67. The molecule has 0 spiro atoms. The molecule has 4 rings (SSSR count). The van der Waals surface area contributed by atoms with Gasteiger partial charge in [-0.2, -0.15) is 0 Å². The van der Waals surface area contributed by atoms with Crippen molar-refractivity contribution in [1.29, 1.82) is 0 Å². The lowest BCUT2D eigenvalue weighted by Crippen LogP contribution is -2.42. The van der Waals surface area contributed by atoms with E-state index in [-0.39, 0.29) is 17.4 Å². The molecule has 0 unspecified atom stereocenters. The first-order valence-electron chi connectivity index (χ1n) is 8.48. The number of thioether (sulfide) groups is 1. The Morgan fingerprint density at radius 3 is 2.67 bits per heavy atom. The molecular formula is C18H17N5O3S. The first-order valence-corrected chi connectivity index (χ1v) is 9.47. The van der Waals surface area contributed by atoms with Crippen LogP contribution >= 0.6 is 11.8 Å². The Hall–Kier alpha value is -3.07. The van der Waals surface area contributed by atoms with Crippen molar-refractivity contribution in [2.45, 2.75) is 23.9 Å². The van der Waals surface area contributed by atoms with E-state index in [2.05, 4.69) is 20.9 Å². The van der Waals surface area contributed by atoms with E-state index in [1.54, 1.807) is 6.07 Å². The Bertz CT molecular complexity index is 935. The average Bonchev–Trinajstić information content (AvgIpc) is 3.22. The minimum absolute atomic E-state index is 0.0847. The lowest BCUT2D eigenvalue weighted by atomic mass is 10.3. The fourth-order valence-electron chi connectivity index (χ4n) is 2.49. The summed E-state index contributed by atoms with van der Waals surface area (Å²) in [6.45, 7) is 0. The van der Waals surface area contributed by atoms with Crippen molar-refractivity contribution in [3.8, 4) is 5.69 Å². The summed E-state index contributed by atoms with van der Waals surface area (Å²) < 4.78 is 6.80. The normalized spacial score (nSPS) is 13.3. The van der Waals surface area contributed by atoms with Gasteiger partial charge in [0.2, 0.25) is 11.1 Å². The minimum atomic E-state index is -0.513. The standard InChI is InChI=1S/C18H17N5O3S/c24-15(20-21-17(25)14-7-4-10-26-14)11-27-18-19-16(12-8-9-12)23(22-18)13-5-2-1-3-6-13/h1-7,10,12H,8-9,11H2,(H,20,24)(H,21,25). The molecule has 0 atom stereocenters. The van der Waals surface area contributed by atoms with E-state index in [4.69, 9.17) is 4.42 Å². The number of hydrogen-bond acceptors (Lipinski definition) is 6. The van der Waals surface area contributed by atoms with Gasteiger partial charge >= 0.3 is 5.91 Å². The summed E-state index contributed by atoms with van der Waals surface area (Å²) in [7, 11) is 0. The molecule has 1 aromatic carbocycles. The van der Waals surface area contributed by atoms with Gasteiger partial charge in [-0.3, -0.25) is 20.4 Å². The molecule has 0 bridgehead atoms. The summed E-state index contributed by atoms with van der Waals surface area (Å²) in [6.07, 6.45) is 3.60. The smallest absolute Gasteiger partial charge is 0.305 e. The van der Waals surface area contributed by atoms with Crippen molar-refractivity contribution in [2.24, 2.45) is 0 Å². The number of nitrogens with one attached hydrogen (secondary N) is 2. The molecule has 2 aromatic heterocycles. The Balaban J connectivity index is 1.35. The zero-order valence-corrected chi connectivity index (χ0v) is 15.1. The highest BCUT2D eigenvalue weighted by Gasteiger charge is 2.30. The SMILES string of the molecule is O=C(CSc1nc(C2CC2)n(-c2ccccc2)n1)NNC(=O)c1ccco1. The molecule has 2 N–H and O–H groups in total. The van der Waals surface area contributed by atoms with Crippen LogP contribution in [0.3, 0.4) is 0 Å². The lowest BCUT2D eigenvalue weighted by Gasteiger charge is -2.04. The number of amides is 2. The van der Waals surface area contributed by atoms with Gasteiger partial charge in [-0.1, -0.05) is 30.0 Å². The molecule has 2 heterocycles. The summed E-state index contributed by atoms with van der Waals surface area (Å²) in [4.78, 5) is 28.3. The highest BCUT2D eigenvalue weighted by atomic mass is 32.2. The van der Waals surface area contributed by atoms with Crippen LogP contribution in [0.15, 0.2) is 58.3 Å². The number of rotatable bonds is 6. The maximum Gasteiger partial charge on any atom is 0.305 e. The van der Waals surface area contributed by atoms with Crippen LogP contribution in [0.25, 0.3) is 5.69 Å². The number of aromatic nitrogens is 3. The number of benzene rings is 1. The molecule has 1 saturated carbocycles. The fraction of sp³-hybridized carbons (Fsp3) is 0.222. The maximum atomic E-state index is 12.0. The quantitative estimate of drug-likeness (QED) is 0.500. The van der Waals surface area contributed by atoms with Gasteiger partial charge in [0.1, 0.15) is 5.82 Å². The van der Waals surface area contributed by atoms with Crippen molar-refractivity contribution in [2.75, 3.05) is 5.75 Å². The molecular weight excluding hydrogens is 366 g/mol. The third-order valence-electron chi connectivity index (χ3n) is 3.95. The van der Waals surface area contributed by atoms with Crippen LogP contribution in [0.4, 0.5) is 0 Å². The highest BCUT2D eigenvalue weighted by Crippen LogP contribution is 2.40. The molecule has 1 aliphatic rings. The van der Waals surface area contributed by atoms with Gasteiger partial charge in [0, 0.05) is 5.92 Å². The zero-order chi connectivity index (χ0) is 18.6. The van der Waals surface area contributed by atoms with E-state index in [0.717, 1.165) is 24.4 Å². The predicted octanol–water partition coefficient (Wildman–Crippen LogP) is 2.29. The van der Waals surface area contributed by atoms with E-state index in [0.29, 0.717) is 11.1 Å². The molecule has 0 radical (unpaired) electrons. The second-order valence-electron chi connectivity index (χ2n) is 6.04. The number of para-hydroxylation sites is 1. The molecule has 8 nitrogen and oxygen atoms in total. The van der Waals surface area contributed by atoms with Crippen molar-refractivity contribution < 1.29 is 14.0 Å². The van der Waals surface area contributed by atoms with Gasteiger partial charge < -0.3 is 4.42 Å². The van der Waals surface area contributed by atoms with Crippen LogP contribution in [-0.4, -0.2) is 32.3 Å². The van der Waals surface area contributed by atoms with E-state index >= 15 is 0 Å². The highest BCUT2D eigenvalue weighted by molar-refractivity contribution is 7.99. The minimum Gasteiger partial charge on any atom is -0.459 e. The number of hydrazine groups is 1. The molecule has 1 aliphatic carbocycles. The monoisotopic (exact) mass is 383 g/mol. The molecule has 2 amide bonds. The van der Waals surface area contributed by atoms with Gasteiger partial charge in [0.25, 0.3) is 0 Å². The van der Waals surface area contributed by atoms with Crippen molar-refractivity contribution in [3.05, 3.63) is 60.3 Å². The lowest BCUT2D eigenvalue weighted by molar-refractivity contribution is -0.119. The first kappa shape index (κ1) is 17.3. The Labute approximate surface area is 159 Å². The van der Waals surface area contributed by atoms with Crippen LogP contribution in [-0.2, 0) is 4.79 Å². The number of hydrogen-bond donors (Lipinski definition) is 2. The Morgan fingerprint density at radius 1 is 1.15 bits per heavy atom. The third-order valence-corrected chi connectivity index (χ3v) is 4.79. The molecule has 27 heavy (non-hydrogen) atoms. The molecule has 0 aliphatic heterocycles. The Kier molecular flexibility index (Phi) is 4.93. The second-order valence-corrected chi connectivity index (χ2v) is 6.98. The predicted molar refractivity (Wildman–Crippen MR) is 98.4 cm³/mol. The number of furan rings is 1. The van der Waals surface area contributed by atoms with Crippen molar-refractivity contribution in [3.63, 3.8) is 0 Å². The molecule has 0 saturated heterocycles. The van der Waals surface area contributed by atoms with Gasteiger partial charge in [0.05, 0.1) is 17.7 Å². The van der Waals surface area contributed by atoms with Crippen molar-refractivity contribution >= 4 is 23.6 Å². The van der Waals surface area contributed by atoms with Gasteiger partial charge in [-0.05, 0) is 37.1 Å².